The van der Waals surface area contributed by atoms with Gasteiger partial charge in [-0.1, -0.05) is 179 Å². The first-order valence-corrected chi connectivity index (χ1v) is 22.6. The van der Waals surface area contributed by atoms with Crippen molar-refractivity contribution in [3.8, 4) is 55.6 Å². The van der Waals surface area contributed by atoms with Gasteiger partial charge in [-0.25, -0.2) is 0 Å². The Hall–Kier alpha value is -7.00. The second-order valence-corrected chi connectivity index (χ2v) is 19.1. The molecule has 0 fully saturated rings. The number of anilines is 3. The molecule has 1 heterocycles. The van der Waals surface area contributed by atoms with E-state index in [0.717, 1.165) is 11.4 Å². The summed E-state index contributed by atoms with van der Waals surface area (Å²) in [4.78, 5) is 2.48. The summed E-state index contributed by atoms with van der Waals surface area (Å²) in [5.74, 6) is 0. The van der Waals surface area contributed by atoms with Crippen LogP contribution in [-0.2, 0) is 10.8 Å². The molecule has 0 unspecified atom stereocenters. The Bertz CT molecular complexity index is 3420. The zero-order chi connectivity index (χ0) is 41.7. The highest BCUT2D eigenvalue weighted by Crippen LogP contribution is 2.55. The molecule has 10 aromatic rings. The molecule has 296 valence electrons. The number of fused-ring (bicyclic) bond motifs is 9. The van der Waals surface area contributed by atoms with E-state index < -0.39 is 0 Å². The Morgan fingerprint density at radius 1 is 0.355 bits per heavy atom. The lowest BCUT2D eigenvalue weighted by atomic mass is 9.82. The minimum Gasteiger partial charge on any atom is -0.310 e. The van der Waals surface area contributed by atoms with Gasteiger partial charge in [0.2, 0.25) is 0 Å². The zero-order valence-electron chi connectivity index (χ0n) is 35.4. The molecule has 0 atom stereocenters. The van der Waals surface area contributed by atoms with Crippen LogP contribution in [0, 0.1) is 0 Å². The summed E-state index contributed by atoms with van der Waals surface area (Å²) in [6.07, 6.45) is 0. The number of rotatable bonds is 6. The third kappa shape index (κ3) is 5.53. The molecule has 2 heteroatoms. The molecule has 0 bridgehead atoms. The molecule has 62 heavy (non-hydrogen) atoms. The largest absolute Gasteiger partial charge is 0.310 e. The van der Waals surface area contributed by atoms with E-state index in [2.05, 4.69) is 233 Å². The zero-order valence-corrected chi connectivity index (χ0v) is 36.2. The van der Waals surface area contributed by atoms with Crippen LogP contribution in [0.15, 0.2) is 200 Å². The first kappa shape index (κ1) is 36.8. The second-order valence-electron chi connectivity index (χ2n) is 18.1. The fourth-order valence-corrected chi connectivity index (χ4v) is 12.0. The van der Waals surface area contributed by atoms with Crippen molar-refractivity contribution in [2.75, 3.05) is 4.90 Å². The predicted molar refractivity (Wildman–Crippen MR) is 265 cm³/mol. The van der Waals surface area contributed by atoms with Gasteiger partial charge in [0.25, 0.3) is 0 Å². The van der Waals surface area contributed by atoms with Gasteiger partial charge in [0.05, 0.1) is 5.69 Å². The van der Waals surface area contributed by atoms with Gasteiger partial charge >= 0.3 is 0 Å². The SMILES string of the molecule is CC1(C)c2ccccc2-c2cc(-c3cccc(-c4cccc(N(c5ccc(-c6cccc7c6sc6ccccc67)cc5)c5cccc6c5-c5ccccc5C6(C)C)c4)c3)ccc21. The van der Waals surface area contributed by atoms with Gasteiger partial charge in [0.1, 0.15) is 0 Å². The van der Waals surface area contributed by atoms with Crippen molar-refractivity contribution in [3.63, 3.8) is 0 Å². The van der Waals surface area contributed by atoms with Crippen LogP contribution in [0.4, 0.5) is 17.1 Å². The standard InChI is InChI=1S/C60H45NS/c1-59(2)51-24-8-5-19-46(51)50-37-42(31-34-53(50)59)40-16-11-15-39(35-40)41-17-12-18-44(36-41)61(55-27-14-26-54-57(55)49-21-6-9-25-52(49)60(54,3)4)43-32-29-38(30-33-43)45-22-13-23-48-47-20-7-10-28-56(47)62-58(45)48/h5-37H,1-4H3. The summed E-state index contributed by atoms with van der Waals surface area (Å²) < 4.78 is 2.66. The highest BCUT2D eigenvalue weighted by atomic mass is 32.1. The molecule has 0 radical (unpaired) electrons. The quantitative estimate of drug-likeness (QED) is 0.162. The molecule has 2 aliphatic rings. The number of benzene rings is 9. The molecule has 0 saturated heterocycles. The van der Waals surface area contributed by atoms with Crippen molar-refractivity contribution in [1.82, 2.24) is 0 Å². The van der Waals surface area contributed by atoms with Gasteiger partial charge in [-0.3, -0.25) is 0 Å². The third-order valence-electron chi connectivity index (χ3n) is 13.9. The Labute approximate surface area is 368 Å². The fraction of sp³-hybridized carbons (Fsp3) is 0.100. The molecule has 0 N–H and O–H groups in total. The molecule has 1 nitrogen and oxygen atoms in total. The molecule has 0 saturated carbocycles. The van der Waals surface area contributed by atoms with Crippen molar-refractivity contribution < 1.29 is 0 Å². The average Bonchev–Trinajstić information content (AvgIpc) is 3.89. The molecule has 1 aromatic heterocycles. The lowest BCUT2D eigenvalue weighted by Gasteiger charge is -2.29. The van der Waals surface area contributed by atoms with E-state index in [1.54, 1.807) is 0 Å². The van der Waals surface area contributed by atoms with Crippen LogP contribution in [0.3, 0.4) is 0 Å². The predicted octanol–water partition coefficient (Wildman–Crippen LogP) is 17.1. The normalized spacial score (nSPS) is 14.1. The summed E-state index contributed by atoms with van der Waals surface area (Å²) in [6.45, 7) is 9.42. The topological polar surface area (TPSA) is 3.24 Å². The van der Waals surface area contributed by atoms with Gasteiger partial charge in [0.15, 0.2) is 0 Å². The van der Waals surface area contributed by atoms with Crippen molar-refractivity contribution in [2.45, 2.75) is 38.5 Å². The van der Waals surface area contributed by atoms with Crippen LogP contribution in [0.25, 0.3) is 75.8 Å². The summed E-state index contributed by atoms with van der Waals surface area (Å²) >= 11 is 1.88. The lowest BCUT2D eigenvalue weighted by Crippen LogP contribution is -2.16. The smallest absolute Gasteiger partial charge is 0.0543 e. The number of hydrogen-bond acceptors (Lipinski definition) is 2. The minimum absolute atomic E-state index is 0.0110. The van der Waals surface area contributed by atoms with E-state index in [4.69, 9.17) is 0 Å². The maximum absolute atomic E-state index is 2.48. The van der Waals surface area contributed by atoms with Crippen LogP contribution < -0.4 is 4.90 Å². The highest BCUT2D eigenvalue weighted by Gasteiger charge is 2.38. The number of thiophene rings is 1. The average molecular weight is 812 g/mol. The Morgan fingerprint density at radius 3 is 1.71 bits per heavy atom. The minimum atomic E-state index is -0.113. The monoisotopic (exact) mass is 811 g/mol. The van der Waals surface area contributed by atoms with Crippen LogP contribution >= 0.6 is 11.3 Å². The maximum atomic E-state index is 2.48. The van der Waals surface area contributed by atoms with Crippen molar-refractivity contribution in [3.05, 3.63) is 222 Å². The highest BCUT2D eigenvalue weighted by molar-refractivity contribution is 7.26. The van der Waals surface area contributed by atoms with Gasteiger partial charge in [-0.05, 0) is 121 Å². The summed E-state index contributed by atoms with van der Waals surface area (Å²) in [6, 6.07) is 74.7. The van der Waals surface area contributed by atoms with Crippen LogP contribution in [-0.4, -0.2) is 0 Å². The van der Waals surface area contributed by atoms with E-state index in [1.165, 1.54) is 104 Å². The summed E-state index contributed by atoms with van der Waals surface area (Å²) in [7, 11) is 0. The molecule has 2 aliphatic carbocycles. The molecule has 12 rings (SSSR count). The van der Waals surface area contributed by atoms with Gasteiger partial charge in [0, 0.05) is 47.9 Å². The Morgan fingerprint density at radius 2 is 0.903 bits per heavy atom. The van der Waals surface area contributed by atoms with E-state index in [-0.39, 0.29) is 10.8 Å². The Balaban J connectivity index is 0.983. The van der Waals surface area contributed by atoms with Gasteiger partial charge < -0.3 is 4.90 Å². The van der Waals surface area contributed by atoms with Crippen LogP contribution in [0.5, 0.6) is 0 Å². The lowest BCUT2D eigenvalue weighted by molar-refractivity contribution is 0.660. The summed E-state index contributed by atoms with van der Waals surface area (Å²) in [5.41, 5.74) is 21.5. The van der Waals surface area contributed by atoms with E-state index in [0.29, 0.717) is 0 Å². The van der Waals surface area contributed by atoms with Gasteiger partial charge in [-0.2, -0.15) is 0 Å². The first-order valence-electron chi connectivity index (χ1n) is 21.8. The molecule has 0 spiro atoms. The molecule has 0 amide bonds. The number of nitrogens with zero attached hydrogens (tertiary/aromatic N) is 1. The van der Waals surface area contributed by atoms with Crippen LogP contribution in [0.2, 0.25) is 0 Å². The molecule has 0 aliphatic heterocycles. The Kier molecular flexibility index (Phi) is 8.17. The van der Waals surface area contributed by atoms with Crippen molar-refractivity contribution in [1.29, 1.82) is 0 Å². The molecular formula is C60H45NS. The van der Waals surface area contributed by atoms with E-state index in [9.17, 15) is 0 Å². The van der Waals surface area contributed by atoms with E-state index >= 15 is 0 Å². The van der Waals surface area contributed by atoms with Crippen molar-refractivity contribution in [2.24, 2.45) is 0 Å². The fourth-order valence-electron chi connectivity index (χ4n) is 10.7. The molecular weight excluding hydrogens is 767 g/mol. The van der Waals surface area contributed by atoms with Crippen LogP contribution in [0.1, 0.15) is 49.9 Å². The summed E-state index contributed by atoms with van der Waals surface area (Å²) in [5, 5.41) is 2.65. The second kappa shape index (κ2) is 13.8. The third-order valence-corrected chi connectivity index (χ3v) is 15.1. The number of hydrogen-bond donors (Lipinski definition) is 0. The van der Waals surface area contributed by atoms with Crippen molar-refractivity contribution >= 4 is 48.6 Å². The molecule has 9 aromatic carbocycles. The maximum Gasteiger partial charge on any atom is 0.0543 e. The first-order chi connectivity index (χ1) is 30.3. The van der Waals surface area contributed by atoms with E-state index in [1.807, 2.05) is 11.3 Å². The van der Waals surface area contributed by atoms with Gasteiger partial charge in [-0.15, -0.1) is 11.3 Å².